The zero-order chi connectivity index (χ0) is 15.5. The van der Waals surface area contributed by atoms with E-state index in [0.717, 1.165) is 5.56 Å². The van der Waals surface area contributed by atoms with Crippen LogP contribution in [0.15, 0.2) is 24.5 Å². The van der Waals surface area contributed by atoms with E-state index >= 15 is 0 Å². The van der Waals surface area contributed by atoms with Crippen molar-refractivity contribution in [3.05, 3.63) is 30.1 Å². The van der Waals surface area contributed by atoms with Gasteiger partial charge in [-0.15, -0.1) is 0 Å². The molecule has 0 saturated carbocycles. The number of hydrogen-bond donors (Lipinski definition) is 2. The highest BCUT2D eigenvalue weighted by atomic mass is 16.4. The van der Waals surface area contributed by atoms with Gasteiger partial charge in [-0.05, 0) is 38.3 Å². The van der Waals surface area contributed by atoms with Crippen molar-refractivity contribution in [1.29, 1.82) is 0 Å². The van der Waals surface area contributed by atoms with Crippen LogP contribution >= 0.6 is 0 Å². The van der Waals surface area contributed by atoms with Crippen molar-refractivity contribution in [2.75, 3.05) is 13.1 Å². The van der Waals surface area contributed by atoms with Crippen molar-refractivity contribution in [3.63, 3.8) is 0 Å². The lowest BCUT2D eigenvalue weighted by Gasteiger charge is -2.37. The third-order valence-corrected chi connectivity index (χ3v) is 4.02. The molecule has 2 heterocycles. The van der Waals surface area contributed by atoms with E-state index in [2.05, 4.69) is 10.3 Å². The molecule has 0 bridgehead atoms. The molecule has 6 nitrogen and oxygen atoms in total. The summed E-state index contributed by atoms with van der Waals surface area (Å²) in [4.78, 5) is 29.2. The van der Waals surface area contributed by atoms with Crippen molar-refractivity contribution in [2.24, 2.45) is 5.41 Å². The van der Waals surface area contributed by atoms with Crippen LogP contribution < -0.4 is 5.32 Å². The number of carbonyl (C=O) groups is 2. The first-order chi connectivity index (χ1) is 9.92. The number of nitrogens with zero attached hydrogens (tertiary/aromatic N) is 2. The smallest absolute Gasteiger partial charge is 0.317 e. The lowest BCUT2D eigenvalue weighted by molar-refractivity contribution is -0.150. The molecule has 1 aromatic rings. The van der Waals surface area contributed by atoms with Gasteiger partial charge in [-0.2, -0.15) is 0 Å². The molecule has 6 heteroatoms. The summed E-state index contributed by atoms with van der Waals surface area (Å²) in [6.45, 7) is 4.41. The quantitative estimate of drug-likeness (QED) is 0.892. The minimum atomic E-state index is -0.854. The van der Waals surface area contributed by atoms with E-state index < -0.39 is 11.4 Å². The topological polar surface area (TPSA) is 82.5 Å². The molecule has 2 amide bonds. The number of rotatable bonds is 3. The van der Waals surface area contributed by atoms with Crippen LogP contribution in [0.2, 0.25) is 0 Å². The summed E-state index contributed by atoms with van der Waals surface area (Å²) in [7, 11) is 0. The summed E-state index contributed by atoms with van der Waals surface area (Å²) in [5.74, 6) is -0.847. The Morgan fingerprint density at radius 1 is 1.52 bits per heavy atom. The number of likely N-dealkylation sites (tertiary alicyclic amines) is 1. The molecule has 1 aliphatic heterocycles. The van der Waals surface area contributed by atoms with Crippen LogP contribution in [0.5, 0.6) is 0 Å². The zero-order valence-corrected chi connectivity index (χ0v) is 12.4. The fourth-order valence-corrected chi connectivity index (χ4v) is 2.58. The largest absolute Gasteiger partial charge is 0.481 e. The fourth-order valence-electron chi connectivity index (χ4n) is 2.58. The molecule has 114 valence electrons. The molecule has 21 heavy (non-hydrogen) atoms. The molecule has 0 radical (unpaired) electrons. The molecular weight excluding hydrogens is 270 g/mol. The number of nitrogens with one attached hydrogen (secondary N) is 1. The Labute approximate surface area is 124 Å². The van der Waals surface area contributed by atoms with Crippen molar-refractivity contribution in [1.82, 2.24) is 15.2 Å². The number of aromatic nitrogens is 1. The van der Waals surface area contributed by atoms with E-state index in [9.17, 15) is 14.7 Å². The van der Waals surface area contributed by atoms with Gasteiger partial charge in [0.2, 0.25) is 0 Å². The predicted molar refractivity (Wildman–Crippen MR) is 77.7 cm³/mol. The van der Waals surface area contributed by atoms with Gasteiger partial charge in [0.15, 0.2) is 0 Å². The highest BCUT2D eigenvalue weighted by molar-refractivity contribution is 5.78. The van der Waals surface area contributed by atoms with Crippen LogP contribution in [0.4, 0.5) is 4.79 Å². The molecule has 0 spiro atoms. The molecule has 0 aliphatic carbocycles. The lowest BCUT2D eigenvalue weighted by atomic mass is 9.82. The van der Waals surface area contributed by atoms with Gasteiger partial charge >= 0.3 is 12.0 Å². The first kappa shape index (κ1) is 15.3. The van der Waals surface area contributed by atoms with E-state index in [-0.39, 0.29) is 18.6 Å². The molecule has 2 N–H and O–H groups in total. The highest BCUT2D eigenvalue weighted by Crippen LogP contribution is 2.29. The maximum Gasteiger partial charge on any atom is 0.317 e. The number of carbonyl (C=O) groups excluding carboxylic acids is 1. The van der Waals surface area contributed by atoms with Crippen molar-refractivity contribution >= 4 is 12.0 Å². The number of piperidine rings is 1. The van der Waals surface area contributed by atoms with Gasteiger partial charge in [-0.1, -0.05) is 6.07 Å². The Kier molecular flexibility index (Phi) is 4.45. The first-order valence-corrected chi connectivity index (χ1v) is 7.11. The Morgan fingerprint density at radius 2 is 2.29 bits per heavy atom. The Morgan fingerprint density at radius 3 is 2.90 bits per heavy atom. The Bertz CT molecular complexity index is 520. The number of carboxylic acids is 1. The second-order valence-electron chi connectivity index (χ2n) is 5.85. The summed E-state index contributed by atoms with van der Waals surface area (Å²) >= 11 is 0. The van der Waals surface area contributed by atoms with E-state index in [1.165, 1.54) is 0 Å². The molecule has 2 atom stereocenters. The molecule has 2 unspecified atom stereocenters. The van der Waals surface area contributed by atoms with Gasteiger partial charge in [-0.25, -0.2) is 4.79 Å². The fraction of sp³-hybridized carbons (Fsp3) is 0.533. The lowest BCUT2D eigenvalue weighted by Crippen LogP contribution is -2.51. The molecule has 1 saturated heterocycles. The van der Waals surface area contributed by atoms with Gasteiger partial charge in [-0.3, -0.25) is 9.78 Å². The van der Waals surface area contributed by atoms with E-state index in [1.54, 1.807) is 24.2 Å². The van der Waals surface area contributed by atoms with Crippen LogP contribution in [0, 0.1) is 5.41 Å². The number of amides is 2. The minimum Gasteiger partial charge on any atom is -0.481 e. The van der Waals surface area contributed by atoms with E-state index in [0.29, 0.717) is 19.4 Å². The third-order valence-electron chi connectivity index (χ3n) is 4.02. The molecule has 1 fully saturated rings. The number of aliphatic carboxylic acids is 1. The van der Waals surface area contributed by atoms with Crippen molar-refractivity contribution < 1.29 is 14.7 Å². The predicted octanol–water partition coefficient (Wildman–Crippen LogP) is 2.04. The number of hydrogen-bond acceptors (Lipinski definition) is 3. The molecular formula is C15H21N3O3. The molecule has 0 aromatic carbocycles. The second kappa shape index (κ2) is 6.11. The summed E-state index contributed by atoms with van der Waals surface area (Å²) in [5, 5.41) is 12.2. The van der Waals surface area contributed by atoms with Crippen LogP contribution in [0.1, 0.15) is 38.3 Å². The SMILES string of the molecule is CC(NC(=O)N1CCCC(C)(C(=O)O)C1)c1cccnc1. The second-order valence-corrected chi connectivity index (χ2v) is 5.85. The maximum absolute atomic E-state index is 12.3. The van der Waals surface area contributed by atoms with Gasteiger partial charge in [0.05, 0.1) is 11.5 Å². The van der Waals surface area contributed by atoms with E-state index in [1.807, 2.05) is 19.1 Å². The number of carboxylic acid groups (broad SMARTS) is 1. The monoisotopic (exact) mass is 291 g/mol. The molecule has 1 aromatic heterocycles. The van der Waals surface area contributed by atoms with Gasteiger partial charge < -0.3 is 15.3 Å². The summed E-state index contributed by atoms with van der Waals surface area (Å²) in [6, 6.07) is 3.33. The number of pyridine rings is 1. The molecule has 2 rings (SSSR count). The van der Waals surface area contributed by atoms with Crippen LogP contribution in [0.3, 0.4) is 0 Å². The number of urea groups is 1. The Balaban J connectivity index is 1.99. The normalized spacial score (nSPS) is 23.4. The van der Waals surface area contributed by atoms with Crippen LogP contribution in [-0.2, 0) is 4.79 Å². The summed E-state index contributed by atoms with van der Waals surface area (Å²) < 4.78 is 0. The minimum absolute atomic E-state index is 0.163. The van der Waals surface area contributed by atoms with Gasteiger partial charge in [0.25, 0.3) is 0 Å². The van der Waals surface area contributed by atoms with Gasteiger partial charge in [0.1, 0.15) is 0 Å². The average Bonchev–Trinajstić information content (AvgIpc) is 2.48. The van der Waals surface area contributed by atoms with Crippen molar-refractivity contribution in [2.45, 2.75) is 32.7 Å². The highest BCUT2D eigenvalue weighted by Gasteiger charge is 2.39. The standard InChI is InChI=1S/C15H21N3O3/c1-11(12-5-3-7-16-9-12)17-14(21)18-8-4-6-15(2,10-18)13(19)20/h3,5,7,9,11H,4,6,8,10H2,1-2H3,(H,17,21)(H,19,20). The summed E-state index contributed by atoms with van der Waals surface area (Å²) in [6.07, 6.45) is 4.70. The van der Waals surface area contributed by atoms with Crippen molar-refractivity contribution in [3.8, 4) is 0 Å². The molecule has 1 aliphatic rings. The van der Waals surface area contributed by atoms with Crippen LogP contribution in [-0.4, -0.2) is 40.1 Å². The maximum atomic E-state index is 12.3. The summed E-state index contributed by atoms with van der Waals surface area (Å²) in [5.41, 5.74) is 0.0662. The van der Waals surface area contributed by atoms with Crippen LogP contribution in [0.25, 0.3) is 0 Å². The first-order valence-electron chi connectivity index (χ1n) is 7.11. The average molecular weight is 291 g/mol. The zero-order valence-electron chi connectivity index (χ0n) is 12.4. The third kappa shape index (κ3) is 3.51. The van der Waals surface area contributed by atoms with Gasteiger partial charge in [0, 0.05) is 25.5 Å². The van der Waals surface area contributed by atoms with E-state index in [4.69, 9.17) is 0 Å². The Hall–Kier alpha value is -2.11.